The summed E-state index contributed by atoms with van der Waals surface area (Å²) in [6, 6.07) is 7.30. The fraction of sp³-hybridized carbons (Fsp3) is 0.400. The van der Waals surface area contributed by atoms with E-state index in [0.717, 1.165) is 24.9 Å². The summed E-state index contributed by atoms with van der Waals surface area (Å²) in [4.78, 5) is 8.95. The number of hydrogen-bond acceptors (Lipinski definition) is 7. The van der Waals surface area contributed by atoms with Gasteiger partial charge in [-0.1, -0.05) is 11.6 Å². The summed E-state index contributed by atoms with van der Waals surface area (Å²) < 4.78 is 5.72. The number of β-amino-alcohol motifs (C(OH)–C–C–N with tert-alkyl or cyclic N) is 1. The molecule has 7 nitrogen and oxygen atoms in total. The average molecular weight is 403 g/mol. The smallest absolute Gasteiger partial charge is 0.297 e. The number of benzene rings is 1. The maximum Gasteiger partial charge on any atom is 0.297 e. The highest BCUT2D eigenvalue weighted by Gasteiger charge is 2.19. The van der Waals surface area contributed by atoms with Crippen LogP contribution < -0.4 is 10.6 Å². The fourth-order valence-corrected chi connectivity index (χ4v) is 3.97. The predicted molar refractivity (Wildman–Crippen MR) is 109 cm³/mol. The van der Waals surface area contributed by atoms with Crippen LogP contribution in [0.25, 0.3) is 22.5 Å². The quantitative estimate of drug-likeness (QED) is 0.519. The Kier molecular flexibility index (Phi) is 5.39. The van der Waals surface area contributed by atoms with Crippen LogP contribution in [0.5, 0.6) is 5.75 Å². The number of aromatic hydroxyl groups is 1. The van der Waals surface area contributed by atoms with Crippen LogP contribution in [0.1, 0.15) is 18.4 Å². The van der Waals surface area contributed by atoms with E-state index in [4.69, 9.17) is 16.0 Å². The summed E-state index contributed by atoms with van der Waals surface area (Å²) in [5.74, 6) is 0.517. The van der Waals surface area contributed by atoms with Crippen molar-refractivity contribution >= 4 is 28.8 Å². The standard InChI is InChI=1S/C20H23ClN4O3/c1-11-6-13(21)8-16(27)18(11)15-2-3-17-19(24-15)25-20(28-17)23-5-4-12-7-14(26)10-22-9-12/h2-3,6,8,12,14,22,26-27H,4-5,7,9-10H2,1H3,(H,23,24,25)/t12-,14+/m1/s1. The van der Waals surface area contributed by atoms with Gasteiger partial charge >= 0.3 is 0 Å². The zero-order valence-corrected chi connectivity index (χ0v) is 16.3. The highest BCUT2D eigenvalue weighted by Crippen LogP contribution is 2.35. The molecular formula is C20H23ClN4O3. The van der Waals surface area contributed by atoms with E-state index in [1.807, 2.05) is 6.92 Å². The van der Waals surface area contributed by atoms with Gasteiger partial charge in [0.25, 0.3) is 6.01 Å². The minimum Gasteiger partial charge on any atom is -0.507 e. The summed E-state index contributed by atoms with van der Waals surface area (Å²) in [7, 11) is 0. The number of phenolic OH excluding ortho intramolecular Hbond substituents is 1. The first-order chi connectivity index (χ1) is 13.5. The maximum absolute atomic E-state index is 10.3. The van der Waals surface area contributed by atoms with Crippen LogP contribution in [0, 0.1) is 12.8 Å². The van der Waals surface area contributed by atoms with Crippen molar-refractivity contribution in [3.05, 3.63) is 34.9 Å². The second-order valence-electron chi connectivity index (χ2n) is 7.28. The molecule has 0 radical (unpaired) electrons. The van der Waals surface area contributed by atoms with Crippen LogP contribution in [0.15, 0.2) is 28.7 Å². The number of aliphatic hydroxyl groups excluding tert-OH is 1. The summed E-state index contributed by atoms with van der Waals surface area (Å²) in [5, 5.41) is 26.9. The maximum atomic E-state index is 10.3. The first-order valence-corrected chi connectivity index (χ1v) is 9.77. The zero-order valence-electron chi connectivity index (χ0n) is 15.6. The number of piperidine rings is 1. The molecule has 1 aromatic carbocycles. The lowest BCUT2D eigenvalue weighted by atomic mass is 9.94. The average Bonchev–Trinajstić information content (AvgIpc) is 3.03. The Morgan fingerprint density at radius 1 is 1.29 bits per heavy atom. The second kappa shape index (κ2) is 7.95. The molecule has 148 valence electrons. The Hall–Kier alpha value is -2.35. The van der Waals surface area contributed by atoms with Crippen LogP contribution in [0.2, 0.25) is 5.02 Å². The third kappa shape index (κ3) is 4.06. The van der Waals surface area contributed by atoms with Crippen molar-refractivity contribution in [3.63, 3.8) is 0 Å². The van der Waals surface area contributed by atoms with Crippen molar-refractivity contribution in [2.45, 2.75) is 25.9 Å². The first kappa shape index (κ1) is 19.0. The van der Waals surface area contributed by atoms with E-state index in [2.05, 4.69) is 20.6 Å². The molecule has 1 fully saturated rings. The molecule has 4 rings (SSSR count). The molecule has 0 saturated carbocycles. The first-order valence-electron chi connectivity index (χ1n) is 9.39. The highest BCUT2D eigenvalue weighted by molar-refractivity contribution is 6.31. The van der Waals surface area contributed by atoms with E-state index in [0.29, 0.717) is 52.5 Å². The van der Waals surface area contributed by atoms with Crippen molar-refractivity contribution < 1.29 is 14.6 Å². The Morgan fingerprint density at radius 2 is 2.14 bits per heavy atom. The van der Waals surface area contributed by atoms with Crippen molar-refractivity contribution in [2.75, 3.05) is 25.0 Å². The SMILES string of the molecule is Cc1cc(Cl)cc(O)c1-c1ccc2oc(NCC[C@H]3CNC[C@@H](O)C3)nc2n1. The lowest BCUT2D eigenvalue weighted by Crippen LogP contribution is -2.39. The predicted octanol–water partition coefficient (Wildman–Crippen LogP) is 3.33. The van der Waals surface area contributed by atoms with Crippen LogP contribution in [-0.2, 0) is 0 Å². The Labute approximate surface area is 167 Å². The van der Waals surface area contributed by atoms with Gasteiger partial charge in [0.05, 0.1) is 11.8 Å². The molecule has 1 aliphatic heterocycles. The molecule has 4 N–H and O–H groups in total. The van der Waals surface area contributed by atoms with Gasteiger partial charge in [0.2, 0.25) is 5.65 Å². The Bertz CT molecular complexity index is 968. The van der Waals surface area contributed by atoms with Gasteiger partial charge in [-0.15, -0.1) is 0 Å². The summed E-state index contributed by atoms with van der Waals surface area (Å²) >= 11 is 5.99. The van der Waals surface area contributed by atoms with E-state index >= 15 is 0 Å². The van der Waals surface area contributed by atoms with Gasteiger partial charge in [-0.2, -0.15) is 4.98 Å². The van der Waals surface area contributed by atoms with Gasteiger partial charge in [0.15, 0.2) is 5.58 Å². The molecule has 0 amide bonds. The summed E-state index contributed by atoms with van der Waals surface area (Å²) in [5.41, 5.74) is 3.13. The molecule has 0 aliphatic carbocycles. The van der Waals surface area contributed by atoms with E-state index in [1.165, 1.54) is 6.07 Å². The van der Waals surface area contributed by atoms with Gasteiger partial charge in [-0.05, 0) is 62.1 Å². The fourth-order valence-electron chi connectivity index (χ4n) is 3.70. The van der Waals surface area contributed by atoms with Gasteiger partial charge in [-0.3, -0.25) is 0 Å². The lowest BCUT2D eigenvalue weighted by molar-refractivity contribution is 0.112. The Morgan fingerprint density at radius 3 is 2.93 bits per heavy atom. The molecular weight excluding hydrogens is 380 g/mol. The number of nitrogens with one attached hydrogen (secondary N) is 2. The monoisotopic (exact) mass is 402 g/mol. The number of hydrogen-bond donors (Lipinski definition) is 4. The van der Waals surface area contributed by atoms with Crippen LogP contribution in [-0.4, -0.2) is 45.9 Å². The number of aliphatic hydroxyl groups is 1. The number of phenols is 1. The Balaban J connectivity index is 1.48. The van der Waals surface area contributed by atoms with Crippen molar-refractivity contribution in [1.29, 1.82) is 0 Å². The number of nitrogens with zero attached hydrogens (tertiary/aromatic N) is 2. The van der Waals surface area contributed by atoms with Crippen molar-refractivity contribution in [1.82, 2.24) is 15.3 Å². The van der Waals surface area contributed by atoms with E-state index < -0.39 is 0 Å². The minimum atomic E-state index is -0.265. The second-order valence-corrected chi connectivity index (χ2v) is 7.72. The molecule has 2 aromatic heterocycles. The van der Waals surface area contributed by atoms with Crippen molar-refractivity contribution in [3.8, 4) is 17.0 Å². The van der Waals surface area contributed by atoms with Gasteiger partial charge in [-0.25, -0.2) is 4.98 Å². The number of anilines is 1. The molecule has 0 unspecified atom stereocenters. The number of rotatable bonds is 5. The lowest BCUT2D eigenvalue weighted by Gasteiger charge is -2.26. The van der Waals surface area contributed by atoms with Crippen molar-refractivity contribution in [2.24, 2.45) is 5.92 Å². The van der Waals surface area contributed by atoms with Gasteiger partial charge in [0, 0.05) is 23.7 Å². The third-order valence-corrected chi connectivity index (χ3v) is 5.25. The van der Waals surface area contributed by atoms with Crippen LogP contribution in [0.4, 0.5) is 6.01 Å². The van der Waals surface area contributed by atoms with E-state index in [1.54, 1.807) is 18.2 Å². The number of oxazole rings is 1. The van der Waals surface area contributed by atoms with Crippen LogP contribution >= 0.6 is 11.6 Å². The number of fused-ring (bicyclic) bond motifs is 1. The topological polar surface area (TPSA) is 103 Å². The normalized spacial score (nSPS) is 19.8. The molecule has 3 aromatic rings. The number of pyridine rings is 1. The van der Waals surface area contributed by atoms with Gasteiger partial charge in [0.1, 0.15) is 5.75 Å². The largest absolute Gasteiger partial charge is 0.507 e. The van der Waals surface area contributed by atoms with Crippen LogP contribution in [0.3, 0.4) is 0 Å². The summed E-state index contributed by atoms with van der Waals surface area (Å²) in [6.07, 6.45) is 1.47. The number of halogens is 1. The zero-order chi connectivity index (χ0) is 19.7. The molecule has 0 spiro atoms. The molecule has 2 atom stereocenters. The molecule has 1 saturated heterocycles. The van der Waals surface area contributed by atoms with E-state index in [9.17, 15) is 10.2 Å². The highest BCUT2D eigenvalue weighted by atomic mass is 35.5. The molecule has 1 aliphatic rings. The molecule has 28 heavy (non-hydrogen) atoms. The third-order valence-electron chi connectivity index (χ3n) is 5.04. The molecule has 3 heterocycles. The molecule has 8 heteroatoms. The molecule has 0 bridgehead atoms. The van der Waals surface area contributed by atoms with E-state index in [-0.39, 0.29) is 11.9 Å². The van der Waals surface area contributed by atoms with Gasteiger partial charge < -0.3 is 25.3 Å². The summed E-state index contributed by atoms with van der Waals surface area (Å²) in [6.45, 7) is 4.17. The number of aromatic nitrogens is 2. The minimum absolute atomic E-state index is 0.0852. The number of aryl methyl sites for hydroxylation is 1.